The van der Waals surface area contributed by atoms with E-state index in [0.717, 1.165) is 25.1 Å². The summed E-state index contributed by atoms with van der Waals surface area (Å²) in [6, 6.07) is 5.96. The van der Waals surface area contributed by atoms with Crippen molar-refractivity contribution in [1.29, 1.82) is 0 Å². The van der Waals surface area contributed by atoms with Gasteiger partial charge in [0.25, 0.3) is 0 Å². The van der Waals surface area contributed by atoms with Gasteiger partial charge in [-0.15, -0.1) is 0 Å². The zero-order chi connectivity index (χ0) is 12.0. The third-order valence-corrected chi connectivity index (χ3v) is 2.85. The Bertz CT molecular complexity index is 298. The first-order valence-electron chi connectivity index (χ1n) is 5.84. The monoisotopic (exact) mass is 222 g/mol. The molecular weight excluding hydrogens is 200 g/mol. The van der Waals surface area contributed by atoms with Crippen LogP contribution in [0.1, 0.15) is 26.0 Å². The summed E-state index contributed by atoms with van der Waals surface area (Å²) in [5, 5.41) is 9.93. The molecule has 1 aromatic rings. The van der Waals surface area contributed by atoms with Crippen molar-refractivity contribution in [2.75, 3.05) is 20.1 Å². The molecule has 1 N–H and O–H groups in total. The molecule has 0 saturated heterocycles. The molecule has 0 aliphatic rings. The molecule has 90 valence electrons. The van der Waals surface area contributed by atoms with E-state index in [0.29, 0.717) is 6.54 Å². The third kappa shape index (κ3) is 4.73. The summed E-state index contributed by atoms with van der Waals surface area (Å²) in [5.41, 5.74) is 0.518. The lowest BCUT2D eigenvalue weighted by molar-refractivity contribution is 0.0240. The van der Waals surface area contributed by atoms with Crippen molar-refractivity contribution in [3.63, 3.8) is 0 Å². The largest absolute Gasteiger partial charge is 0.389 e. The maximum atomic E-state index is 9.93. The quantitative estimate of drug-likeness (QED) is 0.796. The highest BCUT2D eigenvalue weighted by molar-refractivity contribution is 5.03. The van der Waals surface area contributed by atoms with Crippen molar-refractivity contribution in [2.24, 2.45) is 0 Å². The predicted octanol–water partition coefficient (Wildman–Crippen LogP) is 1.72. The van der Waals surface area contributed by atoms with Gasteiger partial charge in [0.1, 0.15) is 0 Å². The highest BCUT2D eigenvalue weighted by atomic mass is 16.3. The smallest absolute Gasteiger partial charge is 0.0743 e. The summed E-state index contributed by atoms with van der Waals surface area (Å²) in [6.07, 6.45) is 3.52. The van der Waals surface area contributed by atoms with Gasteiger partial charge < -0.3 is 10.0 Å². The molecule has 3 heteroatoms. The van der Waals surface area contributed by atoms with E-state index < -0.39 is 5.60 Å². The highest BCUT2D eigenvalue weighted by Crippen LogP contribution is 2.10. The van der Waals surface area contributed by atoms with E-state index in [4.69, 9.17) is 0 Å². The fourth-order valence-electron chi connectivity index (χ4n) is 1.62. The van der Waals surface area contributed by atoms with Crippen molar-refractivity contribution in [3.8, 4) is 0 Å². The molecule has 0 amide bonds. The maximum absolute atomic E-state index is 9.93. The van der Waals surface area contributed by atoms with Crippen LogP contribution in [-0.2, 0) is 6.42 Å². The lowest BCUT2D eigenvalue weighted by Gasteiger charge is -2.27. The first-order chi connectivity index (χ1) is 7.53. The first kappa shape index (κ1) is 13.1. The number of hydrogen-bond acceptors (Lipinski definition) is 3. The van der Waals surface area contributed by atoms with Gasteiger partial charge in [0.2, 0.25) is 0 Å². The van der Waals surface area contributed by atoms with Gasteiger partial charge in [-0.25, -0.2) is 0 Å². The van der Waals surface area contributed by atoms with Crippen LogP contribution in [0.4, 0.5) is 0 Å². The normalized spacial score (nSPS) is 15.1. The van der Waals surface area contributed by atoms with Gasteiger partial charge in [-0.2, -0.15) is 0 Å². The van der Waals surface area contributed by atoms with Gasteiger partial charge in [0.15, 0.2) is 0 Å². The lowest BCUT2D eigenvalue weighted by atomic mass is 10.0. The lowest BCUT2D eigenvalue weighted by Crippen LogP contribution is -2.39. The summed E-state index contributed by atoms with van der Waals surface area (Å²) in [6.45, 7) is 5.51. The van der Waals surface area contributed by atoms with Gasteiger partial charge in [0, 0.05) is 31.4 Å². The van der Waals surface area contributed by atoms with Crippen LogP contribution in [0.5, 0.6) is 0 Å². The minimum absolute atomic E-state index is 0.584. The second-order valence-electron chi connectivity index (χ2n) is 4.66. The van der Waals surface area contributed by atoms with E-state index in [1.807, 2.05) is 45.3 Å². The zero-order valence-electron chi connectivity index (χ0n) is 10.5. The molecule has 1 unspecified atom stereocenters. The van der Waals surface area contributed by atoms with Gasteiger partial charge in [0.05, 0.1) is 5.60 Å². The van der Waals surface area contributed by atoms with Crippen LogP contribution in [0, 0.1) is 0 Å². The first-order valence-corrected chi connectivity index (χ1v) is 5.84. The fraction of sp³-hybridized carbons (Fsp3) is 0.615. The third-order valence-electron chi connectivity index (χ3n) is 2.85. The molecule has 16 heavy (non-hydrogen) atoms. The molecule has 1 rings (SSSR count). The molecule has 0 aliphatic carbocycles. The van der Waals surface area contributed by atoms with Crippen LogP contribution in [0.3, 0.4) is 0 Å². The van der Waals surface area contributed by atoms with Gasteiger partial charge in [-0.05, 0) is 32.5 Å². The Labute approximate surface area is 98.1 Å². The molecule has 0 radical (unpaired) electrons. The van der Waals surface area contributed by atoms with Crippen molar-refractivity contribution in [3.05, 3.63) is 30.1 Å². The Kier molecular flexibility index (Phi) is 4.90. The van der Waals surface area contributed by atoms with E-state index >= 15 is 0 Å². The summed E-state index contributed by atoms with van der Waals surface area (Å²) < 4.78 is 0. The summed E-state index contributed by atoms with van der Waals surface area (Å²) in [5.74, 6) is 0. The van der Waals surface area contributed by atoms with Gasteiger partial charge in [-0.3, -0.25) is 4.98 Å². The molecule has 0 fully saturated rings. The van der Waals surface area contributed by atoms with E-state index in [2.05, 4.69) is 9.88 Å². The van der Waals surface area contributed by atoms with E-state index in [1.54, 1.807) is 0 Å². The molecule has 0 bridgehead atoms. The Hall–Kier alpha value is -0.930. The molecular formula is C13H22N2O. The van der Waals surface area contributed by atoms with Crippen LogP contribution in [0.2, 0.25) is 0 Å². The molecule has 0 saturated carbocycles. The number of aromatic nitrogens is 1. The molecule has 0 aliphatic heterocycles. The number of aliphatic hydroxyl groups is 1. The van der Waals surface area contributed by atoms with Crippen LogP contribution < -0.4 is 0 Å². The molecule has 3 nitrogen and oxygen atoms in total. The number of likely N-dealkylation sites (N-methyl/N-ethyl adjacent to an activating group) is 1. The van der Waals surface area contributed by atoms with Crippen molar-refractivity contribution in [2.45, 2.75) is 32.3 Å². The van der Waals surface area contributed by atoms with Crippen molar-refractivity contribution < 1.29 is 5.11 Å². The average Bonchev–Trinajstić information content (AvgIpc) is 2.27. The minimum atomic E-state index is -0.584. The molecule has 0 aromatic carbocycles. The van der Waals surface area contributed by atoms with Crippen LogP contribution in [0.25, 0.3) is 0 Å². The van der Waals surface area contributed by atoms with Crippen molar-refractivity contribution in [1.82, 2.24) is 9.88 Å². The average molecular weight is 222 g/mol. The summed E-state index contributed by atoms with van der Waals surface area (Å²) in [4.78, 5) is 6.43. The maximum Gasteiger partial charge on any atom is 0.0743 e. The number of rotatable bonds is 6. The number of nitrogens with zero attached hydrogens (tertiary/aromatic N) is 2. The molecule has 0 spiro atoms. The van der Waals surface area contributed by atoms with Crippen LogP contribution >= 0.6 is 0 Å². The van der Waals surface area contributed by atoms with Crippen molar-refractivity contribution >= 4 is 0 Å². The molecule has 1 atom stereocenters. The topological polar surface area (TPSA) is 36.4 Å². The minimum Gasteiger partial charge on any atom is -0.389 e. The summed E-state index contributed by atoms with van der Waals surface area (Å²) >= 11 is 0. The zero-order valence-corrected chi connectivity index (χ0v) is 10.5. The van der Waals surface area contributed by atoms with Crippen LogP contribution in [-0.4, -0.2) is 40.7 Å². The number of pyridine rings is 1. The fourth-order valence-corrected chi connectivity index (χ4v) is 1.62. The SMILES string of the molecule is CCC(C)(O)CN(C)CCc1ccccn1. The predicted molar refractivity (Wildman–Crippen MR) is 66.4 cm³/mol. The van der Waals surface area contributed by atoms with Gasteiger partial charge >= 0.3 is 0 Å². The second kappa shape index (κ2) is 5.97. The second-order valence-corrected chi connectivity index (χ2v) is 4.66. The van der Waals surface area contributed by atoms with E-state index in [-0.39, 0.29) is 0 Å². The van der Waals surface area contributed by atoms with E-state index in [9.17, 15) is 5.11 Å². The van der Waals surface area contributed by atoms with Crippen LogP contribution in [0.15, 0.2) is 24.4 Å². The Morgan fingerprint density at radius 2 is 2.19 bits per heavy atom. The molecule has 1 aromatic heterocycles. The molecule has 1 heterocycles. The Morgan fingerprint density at radius 1 is 1.44 bits per heavy atom. The highest BCUT2D eigenvalue weighted by Gasteiger charge is 2.19. The Balaban J connectivity index is 2.33. The Morgan fingerprint density at radius 3 is 2.75 bits per heavy atom. The van der Waals surface area contributed by atoms with E-state index in [1.165, 1.54) is 0 Å². The van der Waals surface area contributed by atoms with Gasteiger partial charge in [-0.1, -0.05) is 13.0 Å². The standard InChI is InChI=1S/C13H22N2O/c1-4-13(2,16)11-15(3)10-8-12-7-5-6-9-14-12/h5-7,9,16H,4,8,10-11H2,1-3H3. The number of hydrogen-bond donors (Lipinski definition) is 1. The summed E-state index contributed by atoms with van der Waals surface area (Å²) in [7, 11) is 2.03.